The second-order valence-corrected chi connectivity index (χ2v) is 20.5. The second kappa shape index (κ2) is 15.1. The van der Waals surface area contributed by atoms with Crippen LogP contribution in [0.3, 0.4) is 0 Å². The van der Waals surface area contributed by atoms with Gasteiger partial charge in [0, 0.05) is 13.4 Å². The lowest BCUT2D eigenvalue weighted by molar-refractivity contribution is 0.700. The van der Waals surface area contributed by atoms with E-state index in [2.05, 4.69) is 284 Å². The lowest BCUT2D eigenvalue weighted by Gasteiger charge is -2.42. The maximum Gasteiger partial charge on any atom is 0.0720 e. The summed E-state index contributed by atoms with van der Waals surface area (Å²) in [5, 5.41) is 0. The number of benzene rings is 10. The molecule has 0 radical (unpaired) electrons. The topological polar surface area (TPSA) is 0 Å². The molecule has 13 rings (SSSR count). The van der Waals surface area contributed by atoms with E-state index in [1.165, 1.54) is 100 Å². The molecule has 312 valence electrons. The number of fused-ring (bicyclic) bond motifs is 12. The van der Waals surface area contributed by atoms with Crippen LogP contribution in [0.25, 0.3) is 33.4 Å². The maximum absolute atomic E-state index is 4.08. The molecule has 0 aliphatic heterocycles. The molecule has 0 unspecified atom stereocenters. The summed E-state index contributed by atoms with van der Waals surface area (Å²) in [7, 11) is 0. The van der Waals surface area contributed by atoms with Crippen LogP contribution in [0.15, 0.2) is 250 Å². The van der Waals surface area contributed by atoms with Gasteiger partial charge in [-0.25, -0.2) is 0 Å². The monoisotopic (exact) mass is 1030 g/mol. The zero-order valence-corrected chi connectivity index (χ0v) is 40.4. The van der Waals surface area contributed by atoms with Crippen LogP contribution in [-0.2, 0) is 16.2 Å². The highest BCUT2D eigenvalue weighted by Crippen LogP contribution is 2.73. The molecular weight excluding hydrogens is 996 g/mol. The largest absolute Gasteiger partial charge is 0.0720 e. The van der Waals surface area contributed by atoms with Crippen molar-refractivity contribution in [3.63, 3.8) is 0 Å². The van der Waals surface area contributed by atoms with Crippen molar-refractivity contribution >= 4 is 47.8 Å². The summed E-state index contributed by atoms with van der Waals surface area (Å²) in [6, 6.07) is 89.1. The highest BCUT2D eigenvalue weighted by molar-refractivity contribution is 9.11. The molecule has 0 atom stereocenters. The Morgan fingerprint density at radius 2 is 0.455 bits per heavy atom. The van der Waals surface area contributed by atoms with E-state index in [4.69, 9.17) is 0 Å². The molecule has 66 heavy (non-hydrogen) atoms. The molecule has 0 saturated heterocycles. The van der Waals surface area contributed by atoms with E-state index in [0.29, 0.717) is 0 Å². The highest BCUT2D eigenvalue weighted by atomic mass is 79.9. The normalized spacial score (nSPS) is 15.0. The Balaban J connectivity index is 1.40. The van der Waals surface area contributed by atoms with E-state index in [9.17, 15) is 0 Å². The van der Waals surface area contributed by atoms with Crippen LogP contribution < -0.4 is 0 Å². The molecule has 3 aliphatic rings. The summed E-state index contributed by atoms with van der Waals surface area (Å²) in [5.74, 6) is 0. The zero-order chi connectivity index (χ0) is 44.2. The van der Waals surface area contributed by atoms with Crippen molar-refractivity contribution in [3.8, 4) is 33.4 Å². The first-order chi connectivity index (χ1) is 32.5. The fourth-order valence-electron chi connectivity index (χ4n) is 12.6. The zero-order valence-electron chi connectivity index (χ0n) is 35.7. The van der Waals surface area contributed by atoms with Gasteiger partial charge in [0.15, 0.2) is 0 Å². The van der Waals surface area contributed by atoms with Crippen LogP contribution in [0.2, 0.25) is 0 Å². The molecule has 0 saturated carbocycles. The third-order valence-electron chi connectivity index (χ3n) is 14.8. The first kappa shape index (κ1) is 40.0. The molecule has 10 aromatic rings. The quantitative estimate of drug-likeness (QED) is 0.156. The van der Waals surface area contributed by atoms with Gasteiger partial charge in [-0.15, -0.1) is 0 Å². The third-order valence-corrected chi connectivity index (χ3v) is 16.3. The number of hydrogen-bond acceptors (Lipinski definition) is 0. The van der Waals surface area contributed by atoms with Gasteiger partial charge in [-0.2, -0.15) is 0 Å². The summed E-state index contributed by atoms with van der Waals surface area (Å²) in [5.41, 5.74) is 20.6. The Labute approximate surface area is 411 Å². The van der Waals surface area contributed by atoms with E-state index < -0.39 is 16.2 Å². The average molecular weight is 1040 g/mol. The third kappa shape index (κ3) is 5.20. The van der Waals surface area contributed by atoms with E-state index in [-0.39, 0.29) is 0 Å². The fraction of sp³-hybridized carbons (Fsp3) is 0.0476. The summed E-state index contributed by atoms with van der Waals surface area (Å²) < 4.78 is 3.15. The van der Waals surface area contributed by atoms with Gasteiger partial charge < -0.3 is 0 Å². The summed E-state index contributed by atoms with van der Waals surface area (Å²) in [4.78, 5) is 0. The highest BCUT2D eigenvalue weighted by Gasteiger charge is 2.61. The van der Waals surface area contributed by atoms with Crippen molar-refractivity contribution in [1.29, 1.82) is 0 Å². The van der Waals surface area contributed by atoms with E-state index in [1.54, 1.807) is 0 Å². The van der Waals surface area contributed by atoms with Crippen molar-refractivity contribution in [2.24, 2.45) is 0 Å². The van der Waals surface area contributed by atoms with Crippen molar-refractivity contribution in [3.05, 3.63) is 317 Å². The van der Waals surface area contributed by atoms with Crippen LogP contribution in [0, 0.1) is 0 Å². The molecule has 0 amide bonds. The lowest BCUT2D eigenvalue weighted by atomic mass is 9.59. The smallest absolute Gasteiger partial charge is 0.0622 e. The summed E-state index contributed by atoms with van der Waals surface area (Å²) in [6.07, 6.45) is 0. The van der Waals surface area contributed by atoms with Gasteiger partial charge >= 0.3 is 0 Å². The Kier molecular flexibility index (Phi) is 9.13. The Morgan fingerprint density at radius 3 is 0.742 bits per heavy atom. The molecule has 3 heteroatoms. The molecule has 0 nitrogen and oxygen atoms in total. The predicted molar refractivity (Wildman–Crippen MR) is 281 cm³/mol. The summed E-state index contributed by atoms with van der Waals surface area (Å²) in [6.45, 7) is 0. The van der Waals surface area contributed by atoms with Crippen LogP contribution in [0.5, 0.6) is 0 Å². The molecule has 0 bridgehead atoms. The molecule has 3 aliphatic carbocycles. The molecule has 0 N–H and O–H groups in total. The number of hydrogen-bond donors (Lipinski definition) is 0. The fourth-order valence-corrected chi connectivity index (χ4v) is 13.7. The second-order valence-electron chi connectivity index (χ2n) is 17.8. The lowest BCUT2D eigenvalue weighted by Crippen LogP contribution is -2.36. The van der Waals surface area contributed by atoms with Gasteiger partial charge in [-0.05, 0) is 137 Å². The Morgan fingerprint density at radius 1 is 0.227 bits per heavy atom. The van der Waals surface area contributed by atoms with Gasteiger partial charge in [-0.1, -0.05) is 248 Å². The van der Waals surface area contributed by atoms with Gasteiger partial charge in [0.05, 0.1) is 16.2 Å². The minimum atomic E-state index is -0.765. The standard InChI is InChI=1S/C63H39Br3/c64-46-31-34-49-52(37-46)61(40-19-7-1-8-20-40,41-21-9-2-10-22-41)58-55(49)56-50-35-32-47(65)38-53(50)62(42-23-11-3-12-24-42,43-25-13-4-14-26-43)59(56)60-57(58)51-36-33-48(66)39-54(51)63(60,44-27-15-5-16-28-44)45-29-17-6-18-30-45/h1-39H. The molecule has 0 spiro atoms. The molecular formula is C63H39Br3. The number of halogens is 3. The molecule has 10 aromatic carbocycles. The van der Waals surface area contributed by atoms with Crippen LogP contribution in [0.4, 0.5) is 0 Å². The van der Waals surface area contributed by atoms with Crippen molar-refractivity contribution in [2.45, 2.75) is 16.2 Å². The van der Waals surface area contributed by atoms with Crippen LogP contribution >= 0.6 is 47.8 Å². The van der Waals surface area contributed by atoms with Gasteiger partial charge in [0.1, 0.15) is 0 Å². The van der Waals surface area contributed by atoms with Crippen molar-refractivity contribution in [2.75, 3.05) is 0 Å². The maximum atomic E-state index is 4.08. The van der Waals surface area contributed by atoms with E-state index in [0.717, 1.165) is 13.4 Å². The van der Waals surface area contributed by atoms with Crippen molar-refractivity contribution in [1.82, 2.24) is 0 Å². The predicted octanol–water partition coefficient (Wildman–Crippen LogP) is 17.1. The van der Waals surface area contributed by atoms with Crippen LogP contribution in [0.1, 0.15) is 66.8 Å². The Bertz CT molecular complexity index is 3410. The van der Waals surface area contributed by atoms with Gasteiger partial charge in [-0.3, -0.25) is 0 Å². The SMILES string of the molecule is Brc1ccc2c(c1)C(c1ccccc1)(c1ccccc1)c1c-2c2c(c3c1-c1ccc(Br)cc1C3(c1ccccc1)c1ccccc1)C(c1ccccc1)(c1ccccc1)c1cc(Br)ccc1-2. The molecule has 0 aromatic heterocycles. The first-order valence-electron chi connectivity index (χ1n) is 22.5. The minimum Gasteiger partial charge on any atom is -0.0622 e. The van der Waals surface area contributed by atoms with Crippen molar-refractivity contribution < 1.29 is 0 Å². The Hall–Kier alpha value is -6.36. The van der Waals surface area contributed by atoms with Gasteiger partial charge in [0.25, 0.3) is 0 Å². The van der Waals surface area contributed by atoms with E-state index in [1.807, 2.05) is 0 Å². The van der Waals surface area contributed by atoms with E-state index >= 15 is 0 Å². The molecule has 0 fully saturated rings. The average Bonchev–Trinajstić information content (AvgIpc) is 3.96. The van der Waals surface area contributed by atoms with Crippen LogP contribution in [-0.4, -0.2) is 0 Å². The molecule has 0 heterocycles. The minimum absolute atomic E-state index is 0.718. The summed E-state index contributed by atoms with van der Waals surface area (Å²) >= 11 is 12.2. The number of rotatable bonds is 6. The first-order valence-corrected chi connectivity index (χ1v) is 24.9. The van der Waals surface area contributed by atoms with Gasteiger partial charge in [0.2, 0.25) is 0 Å².